The Kier molecular flexibility index (Phi) is 11.5. The number of carbonyl (C=O) groups excluding carboxylic acids is 2. The van der Waals surface area contributed by atoms with E-state index in [0.717, 1.165) is 17.0 Å². The first-order valence-corrected chi connectivity index (χ1v) is 14.3. The molecule has 198 valence electrons. The predicted octanol–water partition coefficient (Wildman–Crippen LogP) is 5.01. The Morgan fingerprint density at radius 1 is 1.08 bits per heavy atom. The van der Waals surface area contributed by atoms with Gasteiger partial charge in [-0.3, -0.25) is 13.9 Å². The molecule has 0 unspecified atom stereocenters. The van der Waals surface area contributed by atoms with Gasteiger partial charge in [-0.15, -0.1) is 0 Å². The maximum atomic E-state index is 13.4. The molecule has 7 nitrogen and oxygen atoms in total. The fraction of sp³-hybridized carbons (Fsp3) is 0.440. The van der Waals surface area contributed by atoms with Crippen molar-refractivity contribution in [3.05, 3.63) is 63.9 Å². The van der Waals surface area contributed by atoms with Crippen molar-refractivity contribution in [2.45, 2.75) is 52.1 Å². The number of halogens is 3. The number of sulfonamides is 1. The Morgan fingerprint density at radius 3 is 2.31 bits per heavy atom. The Hall–Kier alpha value is -2.36. The van der Waals surface area contributed by atoms with Crippen LogP contribution < -0.4 is 9.62 Å². The highest BCUT2D eigenvalue weighted by molar-refractivity contribution is 7.92. The zero-order valence-corrected chi connectivity index (χ0v) is 23.0. The molecule has 0 aliphatic carbocycles. The molecule has 0 bridgehead atoms. The van der Waals surface area contributed by atoms with Gasteiger partial charge in [0.05, 0.1) is 11.9 Å². The molecule has 0 fully saturated rings. The van der Waals surface area contributed by atoms with Crippen LogP contribution in [0.4, 0.5) is 10.1 Å². The third kappa shape index (κ3) is 8.64. The average Bonchev–Trinajstić information content (AvgIpc) is 2.81. The van der Waals surface area contributed by atoms with Gasteiger partial charge in [0.2, 0.25) is 21.8 Å². The van der Waals surface area contributed by atoms with E-state index in [1.54, 1.807) is 18.2 Å². The molecule has 0 heterocycles. The van der Waals surface area contributed by atoms with E-state index >= 15 is 0 Å². The molecule has 0 radical (unpaired) electrons. The average molecular weight is 561 g/mol. The summed E-state index contributed by atoms with van der Waals surface area (Å²) in [7, 11) is -3.66. The van der Waals surface area contributed by atoms with Crippen LogP contribution in [0.5, 0.6) is 0 Å². The van der Waals surface area contributed by atoms with E-state index in [-0.39, 0.29) is 37.7 Å². The van der Waals surface area contributed by atoms with Gasteiger partial charge in [0.1, 0.15) is 11.9 Å². The molecule has 2 rings (SSSR count). The van der Waals surface area contributed by atoms with Crippen molar-refractivity contribution >= 4 is 50.7 Å². The number of benzene rings is 2. The van der Waals surface area contributed by atoms with Gasteiger partial charge in [0.15, 0.2) is 0 Å². The molecule has 2 aromatic carbocycles. The molecule has 0 saturated carbocycles. The number of nitrogens with zero attached hydrogens (tertiary/aromatic N) is 2. The lowest BCUT2D eigenvalue weighted by Crippen LogP contribution is -2.49. The minimum atomic E-state index is -3.66. The van der Waals surface area contributed by atoms with Gasteiger partial charge in [-0.1, -0.05) is 43.1 Å². The summed E-state index contributed by atoms with van der Waals surface area (Å²) in [5.74, 6) is -1.06. The van der Waals surface area contributed by atoms with Crippen molar-refractivity contribution in [2.24, 2.45) is 0 Å². The van der Waals surface area contributed by atoms with Crippen LogP contribution in [0.15, 0.2) is 42.5 Å². The van der Waals surface area contributed by atoms with Crippen molar-refractivity contribution < 1.29 is 22.4 Å². The van der Waals surface area contributed by atoms with Crippen molar-refractivity contribution in [3.63, 3.8) is 0 Å². The monoisotopic (exact) mass is 559 g/mol. The highest BCUT2D eigenvalue weighted by Gasteiger charge is 2.29. The first-order chi connectivity index (χ1) is 17.0. The number of nitrogens with one attached hydrogen (secondary N) is 1. The van der Waals surface area contributed by atoms with E-state index < -0.39 is 21.9 Å². The van der Waals surface area contributed by atoms with Gasteiger partial charge in [0, 0.05) is 36.1 Å². The van der Waals surface area contributed by atoms with Crippen molar-refractivity contribution in [3.8, 4) is 0 Å². The second kappa shape index (κ2) is 13.8. The molecular formula is C25H32Cl2FN3O4S. The van der Waals surface area contributed by atoms with E-state index in [1.165, 1.54) is 29.2 Å². The molecule has 1 N–H and O–H groups in total. The molecule has 0 aliphatic heterocycles. The minimum Gasteiger partial charge on any atom is -0.354 e. The van der Waals surface area contributed by atoms with E-state index in [2.05, 4.69) is 5.32 Å². The normalized spacial score (nSPS) is 12.2. The van der Waals surface area contributed by atoms with Crippen molar-refractivity contribution in [1.82, 2.24) is 10.2 Å². The Labute approximate surface area is 222 Å². The molecule has 0 spiro atoms. The van der Waals surface area contributed by atoms with Crippen molar-refractivity contribution in [1.29, 1.82) is 0 Å². The lowest BCUT2D eigenvalue weighted by molar-refractivity contribution is -0.141. The topological polar surface area (TPSA) is 86.8 Å². The molecule has 36 heavy (non-hydrogen) atoms. The van der Waals surface area contributed by atoms with Crippen LogP contribution in [0.1, 0.15) is 45.1 Å². The van der Waals surface area contributed by atoms with Crippen LogP contribution in [0.2, 0.25) is 10.0 Å². The first-order valence-electron chi connectivity index (χ1n) is 11.7. The number of rotatable bonds is 13. The summed E-state index contributed by atoms with van der Waals surface area (Å²) < 4.78 is 39.1. The van der Waals surface area contributed by atoms with Gasteiger partial charge in [-0.25, -0.2) is 12.8 Å². The molecule has 11 heteroatoms. The fourth-order valence-electron chi connectivity index (χ4n) is 3.73. The zero-order chi connectivity index (χ0) is 26.9. The van der Waals surface area contributed by atoms with Gasteiger partial charge >= 0.3 is 0 Å². The lowest BCUT2D eigenvalue weighted by Gasteiger charge is -2.31. The van der Waals surface area contributed by atoms with Crippen LogP contribution >= 0.6 is 23.2 Å². The number of amides is 2. The Morgan fingerprint density at radius 2 is 1.75 bits per heavy atom. The first kappa shape index (κ1) is 29.9. The third-order valence-electron chi connectivity index (χ3n) is 5.56. The summed E-state index contributed by atoms with van der Waals surface area (Å²) in [5, 5.41) is 3.68. The van der Waals surface area contributed by atoms with Gasteiger partial charge in [0.25, 0.3) is 0 Å². The summed E-state index contributed by atoms with van der Waals surface area (Å²) >= 11 is 12.3. The summed E-state index contributed by atoms with van der Waals surface area (Å²) in [5.41, 5.74) is 0.946. The Bertz CT molecular complexity index is 1150. The number of anilines is 1. The second-order valence-corrected chi connectivity index (χ2v) is 11.1. The Balaban J connectivity index is 2.23. The van der Waals surface area contributed by atoms with Crippen LogP contribution in [0, 0.1) is 5.82 Å². The van der Waals surface area contributed by atoms with E-state index in [9.17, 15) is 22.4 Å². The lowest BCUT2D eigenvalue weighted by atomic mass is 10.1. The smallest absolute Gasteiger partial charge is 0.242 e. The molecule has 0 saturated heterocycles. The quantitative estimate of drug-likeness (QED) is 0.373. The molecule has 2 amide bonds. The standard InChI is InChI=1S/C25H32Cl2FN3O4S/c1-4-14-29-25(33)23(5-2)30(17-18-8-9-19(26)16-22(18)27)24(32)7-6-15-31(36(3,34)35)21-12-10-20(28)11-13-21/h8-13,16,23H,4-7,14-15,17H2,1-3H3,(H,29,33)/t23-/m0/s1. The molecule has 0 aliphatic rings. The van der Waals surface area contributed by atoms with Gasteiger partial charge in [-0.05, 0) is 61.2 Å². The van der Waals surface area contributed by atoms with Crippen LogP contribution in [0.25, 0.3) is 0 Å². The largest absolute Gasteiger partial charge is 0.354 e. The minimum absolute atomic E-state index is 0.00399. The van der Waals surface area contributed by atoms with Crippen molar-refractivity contribution in [2.75, 3.05) is 23.7 Å². The predicted molar refractivity (Wildman–Crippen MR) is 142 cm³/mol. The number of carbonyl (C=O) groups is 2. The molecule has 0 aromatic heterocycles. The SMILES string of the molecule is CCCNC(=O)[C@H](CC)N(Cc1ccc(Cl)cc1Cl)C(=O)CCCN(c1ccc(F)cc1)S(C)(=O)=O. The second-order valence-electron chi connectivity index (χ2n) is 8.39. The summed E-state index contributed by atoms with van der Waals surface area (Å²) in [6.45, 7) is 4.36. The zero-order valence-electron chi connectivity index (χ0n) is 20.6. The van der Waals surface area contributed by atoms with Crippen LogP contribution in [0.3, 0.4) is 0 Å². The highest BCUT2D eigenvalue weighted by Crippen LogP contribution is 2.25. The van der Waals surface area contributed by atoms with Gasteiger partial charge < -0.3 is 10.2 Å². The van der Waals surface area contributed by atoms with Crippen LogP contribution in [-0.4, -0.2) is 50.5 Å². The highest BCUT2D eigenvalue weighted by atomic mass is 35.5. The van der Waals surface area contributed by atoms with Crippen LogP contribution in [-0.2, 0) is 26.2 Å². The summed E-state index contributed by atoms with van der Waals surface area (Å²) in [6.07, 6.45) is 2.39. The summed E-state index contributed by atoms with van der Waals surface area (Å²) in [6, 6.07) is 9.33. The third-order valence-corrected chi connectivity index (χ3v) is 7.34. The molecular weight excluding hydrogens is 528 g/mol. The fourth-order valence-corrected chi connectivity index (χ4v) is 5.16. The molecule has 1 atom stereocenters. The summed E-state index contributed by atoms with van der Waals surface area (Å²) in [4.78, 5) is 27.7. The molecule has 2 aromatic rings. The number of hydrogen-bond acceptors (Lipinski definition) is 4. The van der Waals surface area contributed by atoms with E-state index in [0.29, 0.717) is 34.3 Å². The maximum absolute atomic E-state index is 13.4. The van der Waals surface area contributed by atoms with E-state index in [1.807, 2.05) is 13.8 Å². The van der Waals surface area contributed by atoms with Gasteiger partial charge in [-0.2, -0.15) is 0 Å². The number of hydrogen-bond donors (Lipinski definition) is 1. The van der Waals surface area contributed by atoms with E-state index in [4.69, 9.17) is 23.2 Å². The maximum Gasteiger partial charge on any atom is 0.242 e.